The van der Waals surface area contributed by atoms with Crippen molar-refractivity contribution in [2.75, 3.05) is 0 Å². The van der Waals surface area contributed by atoms with Crippen LogP contribution in [0.25, 0.3) is 4.96 Å². The van der Waals surface area contributed by atoms with E-state index in [2.05, 4.69) is 20.4 Å². The molecule has 90 valence electrons. The Hall–Kier alpha value is -2.28. The number of pyridine rings is 1. The van der Waals surface area contributed by atoms with Gasteiger partial charge in [-0.15, -0.1) is 0 Å². The summed E-state index contributed by atoms with van der Waals surface area (Å²) in [6.07, 6.45) is 5.03. The normalized spacial score (nSPS) is 10.7. The second kappa shape index (κ2) is 4.53. The lowest BCUT2D eigenvalue weighted by atomic mass is 10.3. The van der Waals surface area contributed by atoms with E-state index in [1.54, 1.807) is 28.6 Å². The van der Waals surface area contributed by atoms with E-state index in [9.17, 15) is 4.79 Å². The minimum absolute atomic E-state index is 0.212. The molecule has 1 amide bonds. The molecule has 0 fully saturated rings. The van der Waals surface area contributed by atoms with Crippen LogP contribution in [0.2, 0.25) is 0 Å². The first-order chi connectivity index (χ1) is 8.83. The maximum atomic E-state index is 11.9. The van der Waals surface area contributed by atoms with Gasteiger partial charge in [-0.2, -0.15) is 5.10 Å². The van der Waals surface area contributed by atoms with Gasteiger partial charge in [-0.05, 0) is 11.6 Å². The van der Waals surface area contributed by atoms with Gasteiger partial charge in [0.05, 0.1) is 6.20 Å². The summed E-state index contributed by atoms with van der Waals surface area (Å²) in [5, 5.41) is 6.81. The molecule has 3 rings (SSSR count). The number of hydrogen-bond acceptors (Lipinski definition) is 5. The fourth-order valence-corrected chi connectivity index (χ4v) is 2.13. The van der Waals surface area contributed by atoms with Gasteiger partial charge in [0, 0.05) is 18.9 Å². The van der Waals surface area contributed by atoms with Crippen LogP contribution in [0.1, 0.15) is 16.1 Å². The molecule has 0 saturated heterocycles. The topological polar surface area (TPSA) is 72.2 Å². The SMILES string of the molecule is O=C(NCc1cccnc1)c1cn2ncsc2n1. The van der Waals surface area contributed by atoms with Gasteiger partial charge >= 0.3 is 0 Å². The number of rotatable bonds is 3. The van der Waals surface area contributed by atoms with Gasteiger partial charge in [0.15, 0.2) is 0 Å². The molecule has 3 heterocycles. The third kappa shape index (κ3) is 2.07. The van der Waals surface area contributed by atoms with E-state index < -0.39 is 0 Å². The largest absolute Gasteiger partial charge is 0.347 e. The zero-order valence-electron chi connectivity index (χ0n) is 9.28. The van der Waals surface area contributed by atoms with Crippen molar-refractivity contribution in [1.29, 1.82) is 0 Å². The lowest BCUT2D eigenvalue weighted by molar-refractivity contribution is 0.0946. The lowest BCUT2D eigenvalue weighted by Crippen LogP contribution is -2.23. The fourth-order valence-electron chi connectivity index (χ4n) is 1.52. The van der Waals surface area contributed by atoms with E-state index in [1.807, 2.05) is 12.1 Å². The van der Waals surface area contributed by atoms with Crippen molar-refractivity contribution in [2.24, 2.45) is 0 Å². The fraction of sp³-hybridized carbons (Fsp3) is 0.0909. The first-order valence-corrected chi connectivity index (χ1v) is 6.17. The smallest absolute Gasteiger partial charge is 0.271 e. The molecule has 0 atom stereocenters. The van der Waals surface area contributed by atoms with Crippen LogP contribution in [0.15, 0.2) is 36.2 Å². The Labute approximate surface area is 106 Å². The predicted octanol–water partition coefficient (Wildman–Crippen LogP) is 1.12. The molecule has 3 aromatic rings. The molecule has 0 aromatic carbocycles. The van der Waals surface area contributed by atoms with Crippen LogP contribution in [-0.2, 0) is 6.54 Å². The van der Waals surface area contributed by atoms with E-state index in [4.69, 9.17) is 0 Å². The molecule has 0 unspecified atom stereocenters. The highest BCUT2D eigenvalue weighted by molar-refractivity contribution is 7.14. The van der Waals surface area contributed by atoms with Gasteiger partial charge in [-0.1, -0.05) is 17.4 Å². The number of aromatic nitrogens is 4. The Morgan fingerprint density at radius 1 is 1.50 bits per heavy atom. The lowest BCUT2D eigenvalue weighted by Gasteiger charge is -2.01. The average molecular weight is 259 g/mol. The van der Waals surface area contributed by atoms with Gasteiger partial charge in [0.2, 0.25) is 4.96 Å². The molecule has 0 radical (unpaired) electrons. The Balaban J connectivity index is 1.70. The van der Waals surface area contributed by atoms with E-state index in [0.29, 0.717) is 17.2 Å². The summed E-state index contributed by atoms with van der Waals surface area (Å²) in [7, 11) is 0. The summed E-state index contributed by atoms with van der Waals surface area (Å²) >= 11 is 1.39. The van der Waals surface area contributed by atoms with Gasteiger partial charge in [-0.25, -0.2) is 9.50 Å². The summed E-state index contributed by atoms with van der Waals surface area (Å²) in [5.41, 5.74) is 3.00. The molecule has 6 nitrogen and oxygen atoms in total. The summed E-state index contributed by atoms with van der Waals surface area (Å²) in [6, 6.07) is 3.73. The van der Waals surface area contributed by atoms with Crippen LogP contribution < -0.4 is 5.32 Å². The van der Waals surface area contributed by atoms with Crippen molar-refractivity contribution in [2.45, 2.75) is 6.54 Å². The molecule has 0 bridgehead atoms. The third-order valence-corrected chi connectivity index (χ3v) is 3.08. The molecule has 18 heavy (non-hydrogen) atoms. The number of nitrogens with one attached hydrogen (secondary N) is 1. The predicted molar refractivity (Wildman–Crippen MR) is 66.3 cm³/mol. The number of hydrogen-bond donors (Lipinski definition) is 1. The highest BCUT2D eigenvalue weighted by Gasteiger charge is 2.11. The molecule has 0 spiro atoms. The third-order valence-electron chi connectivity index (χ3n) is 2.39. The molecule has 0 aliphatic heterocycles. The van der Waals surface area contributed by atoms with Gasteiger partial charge in [0.1, 0.15) is 11.2 Å². The Bertz CT molecular complexity index is 646. The van der Waals surface area contributed by atoms with Gasteiger partial charge in [0.25, 0.3) is 5.91 Å². The minimum atomic E-state index is -0.212. The molecular weight excluding hydrogens is 250 g/mol. The number of carbonyl (C=O) groups excluding carboxylic acids is 1. The van der Waals surface area contributed by atoms with E-state index >= 15 is 0 Å². The number of fused-ring (bicyclic) bond motifs is 1. The van der Waals surface area contributed by atoms with Crippen LogP contribution in [0.5, 0.6) is 0 Å². The second-order valence-electron chi connectivity index (χ2n) is 3.64. The van der Waals surface area contributed by atoms with Gasteiger partial charge in [-0.3, -0.25) is 9.78 Å². The zero-order valence-corrected chi connectivity index (χ0v) is 10.1. The van der Waals surface area contributed by atoms with Gasteiger partial charge < -0.3 is 5.32 Å². The Morgan fingerprint density at radius 2 is 2.44 bits per heavy atom. The molecular formula is C11H9N5OS. The standard InChI is InChI=1S/C11H9N5OS/c17-10(13-5-8-2-1-3-12-4-8)9-6-16-11(15-9)18-7-14-16/h1-4,6-7H,5H2,(H,13,17). The molecule has 0 aliphatic rings. The first-order valence-electron chi connectivity index (χ1n) is 5.29. The van der Waals surface area contributed by atoms with Crippen LogP contribution in [0.4, 0.5) is 0 Å². The van der Waals surface area contributed by atoms with E-state index in [1.165, 1.54) is 11.3 Å². The molecule has 3 aromatic heterocycles. The zero-order chi connectivity index (χ0) is 12.4. The van der Waals surface area contributed by atoms with Crippen molar-refractivity contribution in [3.63, 3.8) is 0 Å². The Kier molecular flexibility index (Phi) is 2.73. The van der Waals surface area contributed by atoms with Crippen molar-refractivity contribution in [1.82, 2.24) is 24.9 Å². The van der Waals surface area contributed by atoms with Crippen LogP contribution >= 0.6 is 11.3 Å². The first kappa shape index (κ1) is 10.8. The number of imidazole rings is 1. The summed E-state index contributed by atoms with van der Waals surface area (Å²) in [4.78, 5) is 20.7. The van der Waals surface area contributed by atoms with Crippen molar-refractivity contribution >= 4 is 22.2 Å². The summed E-state index contributed by atoms with van der Waals surface area (Å²) < 4.78 is 1.59. The van der Waals surface area contributed by atoms with Crippen LogP contribution in [-0.4, -0.2) is 25.5 Å². The number of nitrogens with zero attached hydrogens (tertiary/aromatic N) is 4. The quantitative estimate of drug-likeness (QED) is 0.765. The minimum Gasteiger partial charge on any atom is -0.347 e. The van der Waals surface area contributed by atoms with Crippen LogP contribution in [0.3, 0.4) is 0 Å². The maximum absolute atomic E-state index is 11.9. The summed E-state index contributed by atoms with van der Waals surface area (Å²) in [6.45, 7) is 0.436. The number of carbonyl (C=O) groups is 1. The highest BCUT2D eigenvalue weighted by atomic mass is 32.1. The average Bonchev–Trinajstić information content (AvgIpc) is 2.98. The molecule has 7 heteroatoms. The second-order valence-corrected chi connectivity index (χ2v) is 4.45. The number of amides is 1. The Morgan fingerprint density at radius 3 is 3.22 bits per heavy atom. The van der Waals surface area contributed by atoms with E-state index in [0.717, 1.165) is 5.56 Å². The van der Waals surface area contributed by atoms with Crippen molar-refractivity contribution in [3.05, 3.63) is 47.5 Å². The van der Waals surface area contributed by atoms with E-state index in [-0.39, 0.29) is 5.91 Å². The van der Waals surface area contributed by atoms with Crippen molar-refractivity contribution in [3.8, 4) is 0 Å². The molecule has 0 saturated carbocycles. The molecule has 0 aliphatic carbocycles. The molecule has 1 N–H and O–H groups in total. The highest BCUT2D eigenvalue weighted by Crippen LogP contribution is 2.08. The monoisotopic (exact) mass is 259 g/mol. The van der Waals surface area contributed by atoms with Crippen LogP contribution in [0, 0.1) is 0 Å². The summed E-state index contributed by atoms with van der Waals surface area (Å²) in [5.74, 6) is -0.212. The maximum Gasteiger partial charge on any atom is 0.271 e. The van der Waals surface area contributed by atoms with Crippen molar-refractivity contribution < 1.29 is 4.79 Å².